The van der Waals surface area contributed by atoms with Crippen molar-refractivity contribution in [2.24, 2.45) is 5.92 Å². The van der Waals surface area contributed by atoms with E-state index in [-0.39, 0.29) is 0 Å². The van der Waals surface area contributed by atoms with Gasteiger partial charge in [0.25, 0.3) is 5.78 Å². The van der Waals surface area contributed by atoms with Gasteiger partial charge in [0, 0.05) is 4.88 Å². The van der Waals surface area contributed by atoms with E-state index >= 15 is 0 Å². The van der Waals surface area contributed by atoms with E-state index in [1.807, 2.05) is 29.0 Å². The van der Waals surface area contributed by atoms with Crippen LogP contribution in [-0.2, 0) is 12.8 Å². The number of hydrogen-bond donors (Lipinski definition) is 0. The van der Waals surface area contributed by atoms with Crippen molar-refractivity contribution in [2.75, 3.05) is 6.26 Å². The second-order valence-corrected chi connectivity index (χ2v) is 8.11. The van der Waals surface area contributed by atoms with Crippen LogP contribution in [0.1, 0.15) is 29.6 Å². The van der Waals surface area contributed by atoms with Crippen LogP contribution in [0.5, 0.6) is 0 Å². The van der Waals surface area contributed by atoms with Crippen LogP contribution in [0.4, 0.5) is 0 Å². The molecule has 0 aromatic carbocycles. The smallest absolute Gasteiger partial charge is 0.244 e. The number of thioether (sulfide) groups is 1. The summed E-state index contributed by atoms with van der Waals surface area (Å²) in [6, 6.07) is 0. The third kappa shape index (κ3) is 1.76. The Morgan fingerprint density at radius 3 is 3.00 bits per heavy atom. The maximum atomic E-state index is 4.70. The van der Waals surface area contributed by atoms with E-state index in [1.54, 1.807) is 11.8 Å². The monoisotopic (exact) mass is 344 g/mol. The molecule has 4 aromatic heterocycles. The lowest BCUT2D eigenvalue weighted by Gasteiger charge is -2.17. The van der Waals surface area contributed by atoms with Gasteiger partial charge in [-0.05, 0) is 43.9 Å². The Hall–Kier alpha value is -1.67. The Bertz CT molecular complexity index is 1070. The number of hydrogen-bond acceptors (Lipinski definition) is 6. The van der Waals surface area contributed by atoms with Gasteiger partial charge < -0.3 is 0 Å². The molecule has 118 valence electrons. The minimum atomic E-state index is 0.723. The second-order valence-electron chi connectivity index (χ2n) is 6.25. The van der Waals surface area contributed by atoms with E-state index in [2.05, 4.69) is 26.6 Å². The van der Waals surface area contributed by atoms with Crippen LogP contribution in [0.3, 0.4) is 0 Å². The quantitative estimate of drug-likeness (QED) is 0.497. The van der Waals surface area contributed by atoms with Gasteiger partial charge in [-0.15, -0.1) is 26.6 Å². The highest BCUT2D eigenvalue weighted by atomic mass is 32.2. The number of thiophene rings is 1. The number of rotatable bonds is 1. The average Bonchev–Trinajstić information content (AvgIpc) is 3.19. The zero-order valence-corrected chi connectivity index (χ0v) is 14.8. The second kappa shape index (κ2) is 4.67. The van der Waals surface area contributed by atoms with Crippen LogP contribution in [0.15, 0.2) is 5.16 Å². The van der Waals surface area contributed by atoms with Gasteiger partial charge >= 0.3 is 0 Å². The fourth-order valence-corrected chi connectivity index (χ4v) is 5.43. The number of nitrogens with zero attached hydrogens (tertiary/aromatic N) is 6. The molecule has 8 heteroatoms. The molecule has 0 saturated heterocycles. The zero-order valence-electron chi connectivity index (χ0n) is 13.2. The molecule has 1 atom stereocenters. The molecule has 23 heavy (non-hydrogen) atoms. The van der Waals surface area contributed by atoms with Crippen molar-refractivity contribution in [2.45, 2.75) is 38.3 Å². The molecule has 0 spiro atoms. The first kappa shape index (κ1) is 13.7. The van der Waals surface area contributed by atoms with Crippen LogP contribution in [0.25, 0.3) is 21.6 Å². The molecule has 1 aliphatic carbocycles. The summed E-state index contributed by atoms with van der Waals surface area (Å²) in [7, 11) is 0. The van der Waals surface area contributed by atoms with E-state index < -0.39 is 0 Å². The Balaban J connectivity index is 2.05. The summed E-state index contributed by atoms with van der Waals surface area (Å²) in [6.07, 6.45) is 5.59. The van der Waals surface area contributed by atoms with Crippen LogP contribution in [-0.4, -0.2) is 35.5 Å². The first-order valence-electron chi connectivity index (χ1n) is 7.76. The molecule has 0 radical (unpaired) electrons. The lowest BCUT2D eigenvalue weighted by Crippen LogP contribution is -2.09. The van der Waals surface area contributed by atoms with Gasteiger partial charge in [-0.1, -0.05) is 18.7 Å². The minimum Gasteiger partial charge on any atom is -0.244 e. The normalized spacial score (nSPS) is 18.3. The topological polar surface area (TPSA) is 60.4 Å². The Kier molecular flexibility index (Phi) is 2.79. The average molecular weight is 344 g/mol. The van der Waals surface area contributed by atoms with E-state index in [9.17, 15) is 0 Å². The minimum absolute atomic E-state index is 0.723. The molecular weight excluding hydrogens is 328 g/mol. The molecule has 0 fully saturated rings. The van der Waals surface area contributed by atoms with E-state index in [1.165, 1.54) is 27.1 Å². The van der Waals surface area contributed by atoms with Crippen molar-refractivity contribution in [3.8, 4) is 0 Å². The number of aryl methyl sites for hydroxylation is 2. The molecule has 0 aliphatic heterocycles. The number of aromatic nitrogens is 6. The fourth-order valence-electron chi connectivity index (χ4n) is 3.56. The van der Waals surface area contributed by atoms with Crippen LogP contribution in [0, 0.1) is 12.8 Å². The molecule has 5 rings (SSSR count). The predicted octanol–water partition coefficient (Wildman–Crippen LogP) is 3.14. The van der Waals surface area contributed by atoms with Crippen molar-refractivity contribution in [3.63, 3.8) is 0 Å². The Morgan fingerprint density at radius 2 is 2.17 bits per heavy atom. The standard InChI is InChI=1S/C15H16N6S2/c1-7-4-5-10-9(6-7)11-12-16-8(2)19-21(12)14-17-18-15(22-3)20(14)13(11)23-10/h7H,4-6H2,1-3H3/t7-/m0/s1. The maximum absolute atomic E-state index is 4.70. The molecule has 0 bridgehead atoms. The van der Waals surface area contributed by atoms with Crippen molar-refractivity contribution >= 4 is 44.7 Å². The molecule has 4 heterocycles. The van der Waals surface area contributed by atoms with Gasteiger partial charge in [0.05, 0.1) is 5.39 Å². The van der Waals surface area contributed by atoms with E-state index in [4.69, 9.17) is 4.98 Å². The molecule has 6 nitrogen and oxygen atoms in total. The first-order chi connectivity index (χ1) is 11.2. The summed E-state index contributed by atoms with van der Waals surface area (Å²) < 4.78 is 4.01. The largest absolute Gasteiger partial charge is 0.260 e. The SMILES string of the molecule is CSc1nnc2n3nc(C)nc3c3c4c(sc3n12)CC[C@H](C)C4. The summed E-state index contributed by atoms with van der Waals surface area (Å²) >= 11 is 3.49. The maximum Gasteiger partial charge on any atom is 0.260 e. The highest BCUT2D eigenvalue weighted by Gasteiger charge is 2.26. The molecule has 4 aromatic rings. The van der Waals surface area contributed by atoms with Gasteiger partial charge in [-0.2, -0.15) is 4.52 Å². The molecule has 0 amide bonds. The third-order valence-corrected chi connectivity index (χ3v) is 6.52. The molecule has 1 aliphatic rings. The summed E-state index contributed by atoms with van der Waals surface area (Å²) in [6.45, 7) is 4.27. The Morgan fingerprint density at radius 1 is 1.30 bits per heavy atom. The van der Waals surface area contributed by atoms with E-state index in [0.29, 0.717) is 0 Å². The lowest BCUT2D eigenvalue weighted by molar-refractivity contribution is 0.508. The van der Waals surface area contributed by atoms with Crippen LogP contribution >= 0.6 is 23.1 Å². The zero-order chi connectivity index (χ0) is 15.7. The first-order valence-corrected chi connectivity index (χ1v) is 9.80. The lowest BCUT2D eigenvalue weighted by atomic mass is 9.89. The summed E-state index contributed by atoms with van der Waals surface area (Å²) in [5.41, 5.74) is 2.39. The van der Waals surface area contributed by atoms with Crippen LogP contribution < -0.4 is 0 Å². The fraction of sp³-hybridized carbons (Fsp3) is 0.467. The van der Waals surface area contributed by atoms with Crippen molar-refractivity contribution in [1.29, 1.82) is 0 Å². The highest BCUT2D eigenvalue weighted by Crippen LogP contribution is 2.40. The predicted molar refractivity (Wildman–Crippen MR) is 92.6 cm³/mol. The van der Waals surface area contributed by atoms with Crippen molar-refractivity contribution < 1.29 is 0 Å². The van der Waals surface area contributed by atoms with Gasteiger partial charge in [0.15, 0.2) is 10.8 Å². The molecular formula is C15H16N6S2. The van der Waals surface area contributed by atoms with Gasteiger partial charge in [-0.3, -0.25) is 0 Å². The summed E-state index contributed by atoms with van der Waals surface area (Å²) in [5.74, 6) is 2.25. The third-order valence-electron chi connectivity index (χ3n) is 4.62. The van der Waals surface area contributed by atoms with Gasteiger partial charge in [0.2, 0.25) is 0 Å². The highest BCUT2D eigenvalue weighted by molar-refractivity contribution is 7.98. The Labute approximate surface area is 140 Å². The van der Waals surface area contributed by atoms with Crippen molar-refractivity contribution in [3.05, 3.63) is 16.3 Å². The van der Waals surface area contributed by atoms with Crippen molar-refractivity contribution in [1.82, 2.24) is 29.2 Å². The molecule has 0 unspecified atom stereocenters. The van der Waals surface area contributed by atoms with E-state index in [0.717, 1.165) is 41.2 Å². The number of fused-ring (bicyclic) bond motifs is 8. The molecule has 0 saturated carbocycles. The summed E-state index contributed by atoms with van der Waals surface area (Å²) in [4.78, 5) is 7.41. The summed E-state index contributed by atoms with van der Waals surface area (Å²) in [5, 5.41) is 15.4. The van der Waals surface area contributed by atoms with Gasteiger partial charge in [0.1, 0.15) is 10.7 Å². The van der Waals surface area contributed by atoms with Crippen LogP contribution in [0.2, 0.25) is 0 Å². The molecule has 0 N–H and O–H groups in total. The van der Waals surface area contributed by atoms with Gasteiger partial charge in [-0.25, -0.2) is 9.38 Å².